The normalized spacial score (nSPS) is 28.2. The van der Waals surface area contributed by atoms with Crippen LogP contribution < -0.4 is 15.0 Å². The van der Waals surface area contributed by atoms with Gasteiger partial charge in [-0.1, -0.05) is 23.8 Å². The van der Waals surface area contributed by atoms with E-state index in [-0.39, 0.29) is 24.3 Å². The van der Waals surface area contributed by atoms with Gasteiger partial charge in [0.2, 0.25) is 11.8 Å². The molecular formula is C23H19ClN2O5. The van der Waals surface area contributed by atoms with Crippen molar-refractivity contribution in [2.45, 2.75) is 11.7 Å². The molecule has 4 unspecified atom stereocenters. The van der Waals surface area contributed by atoms with E-state index in [2.05, 4.69) is 5.32 Å². The first-order chi connectivity index (χ1) is 14.9. The lowest BCUT2D eigenvalue weighted by molar-refractivity contribution is -0.126. The highest BCUT2D eigenvalue weighted by atomic mass is 35.5. The summed E-state index contributed by atoms with van der Waals surface area (Å²) >= 11 is 5.94. The smallest absolute Gasteiger partial charge is 0.251 e. The molecule has 3 amide bonds. The second kappa shape index (κ2) is 7.21. The van der Waals surface area contributed by atoms with Gasteiger partial charge in [-0.25, -0.2) is 4.90 Å². The molecule has 0 radical (unpaired) electrons. The van der Waals surface area contributed by atoms with Gasteiger partial charge < -0.3 is 14.8 Å². The lowest BCUT2D eigenvalue weighted by atomic mass is 9.77. The van der Waals surface area contributed by atoms with Crippen LogP contribution >= 0.6 is 11.6 Å². The van der Waals surface area contributed by atoms with Crippen molar-refractivity contribution < 1.29 is 23.9 Å². The number of fused-ring (bicyclic) bond motifs is 5. The van der Waals surface area contributed by atoms with E-state index >= 15 is 0 Å². The number of methoxy groups -OCH3 is 1. The minimum absolute atomic E-state index is 0.0828. The zero-order chi connectivity index (χ0) is 21.8. The van der Waals surface area contributed by atoms with Crippen LogP contribution in [0.25, 0.3) is 0 Å². The third-order valence-electron chi connectivity index (χ3n) is 6.12. The molecule has 3 heterocycles. The first-order valence-corrected chi connectivity index (χ1v) is 10.2. The number of imide groups is 1. The van der Waals surface area contributed by atoms with Gasteiger partial charge in [-0.3, -0.25) is 14.4 Å². The molecule has 2 bridgehead atoms. The molecule has 3 aliphatic rings. The van der Waals surface area contributed by atoms with Gasteiger partial charge in [0.25, 0.3) is 5.91 Å². The maximum atomic E-state index is 13.3. The number of nitrogens with zero attached hydrogens (tertiary/aromatic N) is 1. The minimum atomic E-state index is -1.05. The number of carbonyl (C=O) groups excluding carboxylic acids is 3. The van der Waals surface area contributed by atoms with Gasteiger partial charge in [0.1, 0.15) is 11.4 Å². The molecule has 2 aromatic carbocycles. The molecule has 2 fully saturated rings. The highest BCUT2D eigenvalue weighted by molar-refractivity contribution is 6.31. The molecule has 2 aromatic rings. The minimum Gasteiger partial charge on any atom is -0.497 e. The maximum absolute atomic E-state index is 13.3. The lowest BCUT2D eigenvalue weighted by Gasteiger charge is -2.29. The van der Waals surface area contributed by atoms with Crippen molar-refractivity contribution in [2.75, 3.05) is 18.6 Å². The Morgan fingerprint density at radius 2 is 1.84 bits per heavy atom. The van der Waals surface area contributed by atoms with Crippen molar-refractivity contribution in [3.8, 4) is 5.75 Å². The monoisotopic (exact) mass is 438 g/mol. The average Bonchev–Trinajstić information content (AvgIpc) is 3.43. The second-order valence-corrected chi connectivity index (χ2v) is 8.24. The van der Waals surface area contributed by atoms with Crippen molar-refractivity contribution in [3.05, 3.63) is 71.3 Å². The number of rotatable bonds is 5. The van der Waals surface area contributed by atoms with Crippen molar-refractivity contribution in [1.29, 1.82) is 0 Å². The van der Waals surface area contributed by atoms with Gasteiger partial charge in [-0.2, -0.15) is 0 Å². The molecule has 5 rings (SSSR count). The Morgan fingerprint density at radius 3 is 2.52 bits per heavy atom. The number of halogens is 1. The standard InChI is InChI=1S/C23H19ClN2O5/c1-30-16-8-2-13(3-9-16)20(27)25-12-23-11-10-17(31-23)18-19(23)22(29)26(21(18)28)15-6-4-14(24)5-7-15/h2-11,17-19H,12H2,1H3,(H,25,27). The Bertz CT molecular complexity index is 1100. The van der Waals surface area contributed by atoms with Crippen LogP contribution in [0, 0.1) is 11.8 Å². The summed E-state index contributed by atoms with van der Waals surface area (Å²) in [5, 5.41) is 3.37. The topological polar surface area (TPSA) is 84.9 Å². The van der Waals surface area contributed by atoms with E-state index in [1.165, 1.54) is 4.90 Å². The van der Waals surface area contributed by atoms with E-state index in [9.17, 15) is 14.4 Å². The first-order valence-electron chi connectivity index (χ1n) is 9.86. The Balaban J connectivity index is 1.37. The fourth-order valence-corrected chi connectivity index (χ4v) is 4.74. The lowest BCUT2D eigenvalue weighted by Crippen LogP contribution is -2.48. The summed E-state index contributed by atoms with van der Waals surface area (Å²) in [5.74, 6) is -1.57. The average molecular weight is 439 g/mol. The largest absolute Gasteiger partial charge is 0.497 e. The van der Waals surface area contributed by atoms with Crippen LogP contribution in [0.1, 0.15) is 10.4 Å². The molecular weight excluding hydrogens is 420 g/mol. The van der Waals surface area contributed by atoms with Gasteiger partial charge in [0.05, 0.1) is 37.3 Å². The van der Waals surface area contributed by atoms with E-state index in [1.54, 1.807) is 67.8 Å². The molecule has 31 heavy (non-hydrogen) atoms. The van der Waals surface area contributed by atoms with E-state index in [1.807, 2.05) is 0 Å². The highest BCUT2D eigenvalue weighted by Crippen LogP contribution is 2.52. The third-order valence-corrected chi connectivity index (χ3v) is 6.37. The Hall–Kier alpha value is -3.16. The summed E-state index contributed by atoms with van der Waals surface area (Å²) in [6.45, 7) is 0.0828. The molecule has 3 aliphatic heterocycles. The Morgan fingerprint density at radius 1 is 1.13 bits per heavy atom. The van der Waals surface area contributed by atoms with Crippen molar-refractivity contribution in [3.63, 3.8) is 0 Å². The molecule has 158 valence electrons. The van der Waals surface area contributed by atoms with Crippen LogP contribution in [0.2, 0.25) is 5.02 Å². The van der Waals surface area contributed by atoms with E-state index in [0.717, 1.165) is 0 Å². The van der Waals surface area contributed by atoms with Crippen molar-refractivity contribution in [1.82, 2.24) is 5.32 Å². The molecule has 0 aliphatic carbocycles. The number of ether oxygens (including phenoxy) is 2. The van der Waals surface area contributed by atoms with Crippen molar-refractivity contribution in [2.24, 2.45) is 11.8 Å². The fourth-order valence-electron chi connectivity index (χ4n) is 4.61. The molecule has 0 spiro atoms. The zero-order valence-corrected chi connectivity index (χ0v) is 17.3. The van der Waals surface area contributed by atoms with E-state index in [0.29, 0.717) is 22.0 Å². The summed E-state index contributed by atoms with van der Waals surface area (Å²) in [7, 11) is 1.55. The van der Waals surface area contributed by atoms with Crippen molar-refractivity contribution >= 4 is 35.0 Å². The third kappa shape index (κ3) is 3.04. The summed E-state index contributed by atoms with van der Waals surface area (Å²) in [4.78, 5) is 40.2. The molecule has 8 heteroatoms. The Labute approximate surface area is 183 Å². The molecule has 7 nitrogen and oxygen atoms in total. The van der Waals surface area contributed by atoms with Gasteiger partial charge in [0.15, 0.2) is 0 Å². The van der Waals surface area contributed by atoms with Crippen LogP contribution in [0.5, 0.6) is 5.75 Å². The van der Waals surface area contributed by atoms with Gasteiger partial charge >= 0.3 is 0 Å². The molecule has 1 N–H and O–H groups in total. The summed E-state index contributed by atoms with van der Waals surface area (Å²) in [6, 6.07) is 13.3. The van der Waals surface area contributed by atoms with Crippen LogP contribution in [0.4, 0.5) is 5.69 Å². The van der Waals surface area contributed by atoms with Gasteiger partial charge in [0, 0.05) is 10.6 Å². The number of anilines is 1. The molecule has 0 aromatic heterocycles. The SMILES string of the molecule is COc1ccc(C(=O)NCC23C=CC(O2)C2C(=O)N(c4ccc(Cl)cc4)C(=O)C23)cc1. The summed E-state index contributed by atoms with van der Waals surface area (Å²) in [5.41, 5.74) is -0.113. The number of hydrogen-bond donors (Lipinski definition) is 1. The van der Waals surface area contributed by atoms with Gasteiger partial charge in [-0.05, 0) is 48.5 Å². The maximum Gasteiger partial charge on any atom is 0.251 e. The summed E-state index contributed by atoms with van der Waals surface area (Å²) < 4.78 is 11.2. The second-order valence-electron chi connectivity index (χ2n) is 7.80. The van der Waals surface area contributed by atoms with Crippen LogP contribution in [-0.4, -0.2) is 43.1 Å². The number of benzene rings is 2. The predicted molar refractivity (Wildman–Crippen MR) is 113 cm³/mol. The first kappa shape index (κ1) is 19.8. The molecule has 2 saturated heterocycles. The van der Waals surface area contributed by atoms with Crippen LogP contribution in [0.15, 0.2) is 60.7 Å². The number of amides is 3. The zero-order valence-electron chi connectivity index (χ0n) is 16.6. The van der Waals surface area contributed by atoms with E-state index < -0.39 is 23.5 Å². The van der Waals surface area contributed by atoms with E-state index in [4.69, 9.17) is 21.1 Å². The predicted octanol–water partition coefficient (Wildman–Crippen LogP) is 2.59. The molecule has 4 atom stereocenters. The Kier molecular flexibility index (Phi) is 4.60. The van der Waals surface area contributed by atoms with Gasteiger partial charge in [-0.15, -0.1) is 0 Å². The number of nitrogens with one attached hydrogen (secondary N) is 1. The quantitative estimate of drug-likeness (QED) is 0.573. The van der Waals surface area contributed by atoms with Crippen LogP contribution in [-0.2, 0) is 14.3 Å². The number of carbonyl (C=O) groups is 3. The molecule has 0 saturated carbocycles. The van der Waals surface area contributed by atoms with Crippen LogP contribution in [0.3, 0.4) is 0 Å². The fraction of sp³-hybridized carbons (Fsp3) is 0.261. The summed E-state index contributed by atoms with van der Waals surface area (Å²) in [6.07, 6.45) is 3.11. The number of hydrogen-bond acceptors (Lipinski definition) is 5. The highest BCUT2D eigenvalue weighted by Gasteiger charge is 2.67.